The largest absolute Gasteiger partial charge is 0.334 e. The topological polar surface area (TPSA) is 32.3 Å². The molecular formula is C20H24N2O. The van der Waals surface area contributed by atoms with Crippen LogP contribution in [0.25, 0.3) is 0 Å². The summed E-state index contributed by atoms with van der Waals surface area (Å²) in [7, 11) is 0. The molecule has 1 heterocycles. The molecule has 2 aromatic rings. The third-order valence-corrected chi connectivity index (χ3v) is 4.24. The molecule has 1 aliphatic heterocycles. The van der Waals surface area contributed by atoms with Crippen molar-refractivity contribution in [1.82, 2.24) is 10.2 Å². The van der Waals surface area contributed by atoms with Gasteiger partial charge in [0.25, 0.3) is 0 Å². The van der Waals surface area contributed by atoms with E-state index < -0.39 is 0 Å². The summed E-state index contributed by atoms with van der Waals surface area (Å²) < 4.78 is 0. The molecule has 23 heavy (non-hydrogen) atoms. The third-order valence-electron chi connectivity index (χ3n) is 4.24. The summed E-state index contributed by atoms with van der Waals surface area (Å²) in [5, 5.41) is 3.00. The lowest BCUT2D eigenvalue weighted by Crippen LogP contribution is -2.36. The minimum absolute atomic E-state index is 0.00690. The fraction of sp³-hybridized carbons (Fsp3) is 0.350. The minimum Gasteiger partial charge on any atom is -0.334 e. The summed E-state index contributed by atoms with van der Waals surface area (Å²) in [6.07, 6.45) is 1.10. The number of carbonyl (C=O) groups is 1. The molecule has 0 unspecified atom stereocenters. The molecular weight excluding hydrogens is 284 g/mol. The lowest BCUT2D eigenvalue weighted by atomic mass is 10.0. The summed E-state index contributed by atoms with van der Waals surface area (Å²) >= 11 is 0. The molecule has 0 atom stereocenters. The van der Waals surface area contributed by atoms with E-state index in [0.29, 0.717) is 25.6 Å². The molecule has 0 saturated heterocycles. The zero-order valence-corrected chi connectivity index (χ0v) is 13.9. The number of hydrogen-bond acceptors (Lipinski definition) is 1. The zero-order chi connectivity index (χ0) is 16.2. The van der Waals surface area contributed by atoms with Gasteiger partial charge < -0.3 is 10.2 Å². The highest BCUT2D eigenvalue weighted by Crippen LogP contribution is 2.18. The molecule has 0 bridgehead atoms. The number of benzene rings is 2. The van der Waals surface area contributed by atoms with Gasteiger partial charge in [0.2, 0.25) is 0 Å². The molecule has 2 aromatic carbocycles. The van der Waals surface area contributed by atoms with E-state index in [1.54, 1.807) is 0 Å². The second-order valence-electron chi connectivity index (χ2n) is 6.70. The van der Waals surface area contributed by atoms with Crippen molar-refractivity contribution in [2.75, 3.05) is 0 Å². The van der Waals surface area contributed by atoms with Crippen LogP contribution in [0, 0.1) is 5.92 Å². The van der Waals surface area contributed by atoms with Crippen molar-refractivity contribution in [3.8, 4) is 0 Å². The molecule has 3 rings (SSSR count). The van der Waals surface area contributed by atoms with Crippen molar-refractivity contribution in [2.45, 2.75) is 39.9 Å². The number of nitrogens with zero attached hydrogens (tertiary/aromatic N) is 1. The number of amides is 2. The number of hydrogen-bond donors (Lipinski definition) is 1. The van der Waals surface area contributed by atoms with Crippen LogP contribution in [0.3, 0.4) is 0 Å². The van der Waals surface area contributed by atoms with E-state index in [9.17, 15) is 4.79 Å². The molecule has 0 spiro atoms. The van der Waals surface area contributed by atoms with Crippen molar-refractivity contribution in [1.29, 1.82) is 0 Å². The van der Waals surface area contributed by atoms with Crippen molar-refractivity contribution in [2.24, 2.45) is 5.92 Å². The Morgan fingerprint density at radius 2 is 1.65 bits per heavy atom. The Balaban J connectivity index is 1.72. The Morgan fingerprint density at radius 1 is 1.00 bits per heavy atom. The minimum atomic E-state index is 0.00690. The second-order valence-corrected chi connectivity index (χ2v) is 6.70. The predicted octanol–water partition coefficient (Wildman–Crippen LogP) is 4.11. The van der Waals surface area contributed by atoms with E-state index in [4.69, 9.17) is 0 Å². The summed E-state index contributed by atoms with van der Waals surface area (Å²) in [6.45, 7) is 6.37. The Bertz CT molecular complexity index is 676. The van der Waals surface area contributed by atoms with Crippen LogP contribution in [0.2, 0.25) is 0 Å². The van der Waals surface area contributed by atoms with E-state index >= 15 is 0 Å². The average Bonchev–Trinajstić information content (AvgIpc) is 2.69. The van der Waals surface area contributed by atoms with Crippen LogP contribution in [0.5, 0.6) is 0 Å². The van der Waals surface area contributed by atoms with Crippen molar-refractivity contribution in [3.63, 3.8) is 0 Å². The van der Waals surface area contributed by atoms with Crippen LogP contribution in [-0.2, 0) is 26.1 Å². The number of urea groups is 1. The average molecular weight is 308 g/mol. The molecule has 2 amide bonds. The van der Waals surface area contributed by atoms with E-state index in [-0.39, 0.29) is 6.03 Å². The number of fused-ring (bicyclic) bond motifs is 1. The Kier molecular flexibility index (Phi) is 4.65. The number of carbonyl (C=O) groups excluding carboxylic acids is 1. The van der Waals surface area contributed by atoms with Crippen LogP contribution < -0.4 is 5.32 Å². The quantitative estimate of drug-likeness (QED) is 0.905. The first-order valence-electron chi connectivity index (χ1n) is 8.29. The molecule has 3 nitrogen and oxygen atoms in total. The lowest BCUT2D eigenvalue weighted by Gasteiger charge is -2.21. The molecule has 0 saturated carbocycles. The van der Waals surface area contributed by atoms with Gasteiger partial charge in [0.05, 0.1) is 0 Å². The second kappa shape index (κ2) is 6.86. The molecule has 0 radical (unpaired) electrons. The van der Waals surface area contributed by atoms with E-state index in [1.165, 1.54) is 22.3 Å². The fourth-order valence-corrected chi connectivity index (χ4v) is 3.04. The molecule has 1 aliphatic rings. The molecule has 0 fully saturated rings. The summed E-state index contributed by atoms with van der Waals surface area (Å²) in [5.74, 6) is 0.661. The van der Waals surface area contributed by atoms with Gasteiger partial charge >= 0.3 is 6.03 Å². The SMILES string of the molecule is CC(C)Cc1ccc(CN2Cc3ccccc3CNC2=O)cc1. The summed E-state index contributed by atoms with van der Waals surface area (Å²) in [6, 6.07) is 16.9. The number of nitrogens with one attached hydrogen (secondary N) is 1. The maximum absolute atomic E-state index is 12.3. The van der Waals surface area contributed by atoms with Gasteiger partial charge in [0.1, 0.15) is 0 Å². The van der Waals surface area contributed by atoms with Crippen molar-refractivity contribution >= 4 is 6.03 Å². The van der Waals surface area contributed by atoms with Crippen molar-refractivity contribution < 1.29 is 4.79 Å². The highest BCUT2D eigenvalue weighted by molar-refractivity contribution is 5.75. The summed E-state index contributed by atoms with van der Waals surface area (Å²) in [5.41, 5.74) is 4.96. The van der Waals surface area contributed by atoms with Crippen molar-refractivity contribution in [3.05, 3.63) is 70.8 Å². The monoisotopic (exact) mass is 308 g/mol. The van der Waals surface area contributed by atoms with Gasteiger partial charge in [0.15, 0.2) is 0 Å². The van der Waals surface area contributed by atoms with Gasteiger partial charge in [-0.05, 0) is 34.6 Å². The zero-order valence-electron chi connectivity index (χ0n) is 13.9. The highest BCUT2D eigenvalue weighted by Gasteiger charge is 2.19. The van der Waals surface area contributed by atoms with E-state index in [2.05, 4.69) is 55.6 Å². The first-order valence-corrected chi connectivity index (χ1v) is 8.29. The standard InChI is InChI=1S/C20H24N2O/c1-15(2)11-16-7-9-17(10-8-16)13-22-14-19-6-4-3-5-18(19)12-21-20(22)23/h3-10,15H,11-14H2,1-2H3,(H,21,23). The van der Waals surface area contributed by atoms with Gasteiger partial charge in [0, 0.05) is 19.6 Å². The summed E-state index contributed by atoms with van der Waals surface area (Å²) in [4.78, 5) is 14.2. The molecule has 0 aliphatic carbocycles. The van der Waals surface area contributed by atoms with Crippen LogP contribution in [0.15, 0.2) is 48.5 Å². The normalized spacial score (nSPS) is 14.4. The van der Waals surface area contributed by atoms with Gasteiger partial charge in [-0.2, -0.15) is 0 Å². The Hall–Kier alpha value is -2.29. The van der Waals surface area contributed by atoms with Crippen LogP contribution >= 0.6 is 0 Å². The van der Waals surface area contributed by atoms with Gasteiger partial charge in [-0.25, -0.2) is 4.79 Å². The third kappa shape index (κ3) is 3.92. The first-order chi connectivity index (χ1) is 11.1. The molecule has 3 heteroatoms. The van der Waals surface area contributed by atoms with Gasteiger partial charge in [-0.15, -0.1) is 0 Å². The Morgan fingerprint density at radius 3 is 2.35 bits per heavy atom. The van der Waals surface area contributed by atoms with Crippen LogP contribution in [-0.4, -0.2) is 10.9 Å². The number of rotatable bonds is 4. The maximum atomic E-state index is 12.3. The first kappa shape index (κ1) is 15.6. The highest BCUT2D eigenvalue weighted by atomic mass is 16.2. The van der Waals surface area contributed by atoms with Gasteiger partial charge in [-0.3, -0.25) is 0 Å². The molecule has 120 valence electrons. The van der Waals surface area contributed by atoms with E-state index in [1.807, 2.05) is 17.0 Å². The van der Waals surface area contributed by atoms with Crippen LogP contribution in [0.4, 0.5) is 4.79 Å². The van der Waals surface area contributed by atoms with Crippen LogP contribution in [0.1, 0.15) is 36.1 Å². The van der Waals surface area contributed by atoms with Gasteiger partial charge in [-0.1, -0.05) is 62.4 Å². The molecule has 0 aromatic heterocycles. The smallest absolute Gasteiger partial charge is 0.318 e. The maximum Gasteiger partial charge on any atom is 0.318 e. The fourth-order valence-electron chi connectivity index (χ4n) is 3.04. The predicted molar refractivity (Wildman–Crippen MR) is 92.9 cm³/mol. The molecule has 1 N–H and O–H groups in total. The Labute approximate surface area is 138 Å². The van der Waals surface area contributed by atoms with E-state index in [0.717, 1.165) is 6.42 Å². The lowest BCUT2D eigenvalue weighted by molar-refractivity contribution is 0.194.